The second-order valence-electron chi connectivity index (χ2n) is 4.85. The quantitative estimate of drug-likeness (QED) is 0.914. The number of benzene rings is 1. The lowest BCUT2D eigenvalue weighted by atomic mass is 9.93. The molecule has 1 aromatic carbocycles. The van der Waals surface area contributed by atoms with Crippen LogP contribution in [0.25, 0.3) is 0 Å². The maximum Gasteiger partial charge on any atom is 0.309 e. The summed E-state index contributed by atoms with van der Waals surface area (Å²) in [5, 5.41) is 9.29. The van der Waals surface area contributed by atoms with Crippen molar-refractivity contribution >= 4 is 27.8 Å². The van der Waals surface area contributed by atoms with E-state index in [0.29, 0.717) is 16.6 Å². The van der Waals surface area contributed by atoms with Gasteiger partial charge in [-0.25, -0.2) is 4.39 Å². The summed E-state index contributed by atoms with van der Waals surface area (Å²) in [6, 6.07) is 3.90. The van der Waals surface area contributed by atoms with E-state index >= 15 is 0 Å². The van der Waals surface area contributed by atoms with E-state index in [1.807, 2.05) is 6.92 Å². The van der Waals surface area contributed by atoms with Gasteiger partial charge in [0, 0.05) is 13.0 Å². The number of likely N-dealkylation sites (tertiary alicyclic amines) is 1. The minimum Gasteiger partial charge on any atom is -0.481 e. The van der Waals surface area contributed by atoms with E-state index in [0.717, 1.165) is 6.42 Å². The summed E-state index contributed by atoms with van der Waals surface area (Å²) in [4.78, 5) is 24.9. The summed E-state index contributed by atoms with van der Waals surface area (Å²) in [5.74, 6) is -2.49. The molecule has 0 aliphatic carbocycles. The van der Waals surface area contributed by atoms with Crippen LogP contribution in [0.1, 0.15) is 31.4 Å². The molecular weight excluding hydrogens is 329 g/mol. The van der Waals surface area contributed by atoms with Crippen LogP contribution in [0.2, 0.25) is 0 Å². The van der Waals surface area contributed by atoms with Crippen molar-refractivity contribution in [1.29, 1.82) is 0 Å². The van der Waals surface area contributed by atoms with Crippen molar-refractivity contribution in [3.05, 3.63) is 34.1 Å². The molecule has 0 spiro atoms. The molecule has 1 aliphatic heterocycles. The number of carbonyl (C=O) groups is 2. The fourth-order valence-electron chi connectivity index (χ4n) is 2.63. The topological polar surface area (TPSA) is 57.6 Å². The van der Waals surface area contributed by atoms with E-state index in [9.17, 15) is 19.1 Å². The number of hydrogen-bond donors (Lipinski definition) is 1. The number of halogens is 2. The van der Waals surface area contributed by atoms with Crippen LogP contribution < -0.4 is 0 Å². The Kier molecular flexibility index (Phi) is 4.42. The van der Waals surface area contributed by atoms with E-state index in [1.165, 1.54) is 12.1 Å². The fraction of sp³-hybridized carbons (Fsp3) is 0.429. The normalized spacial score (nSPS) is 22.4. The first kappa shape index (κ1) is 15.0. The molecule has 1 aromatic rings. The van der Waals surface area contributed by atoms with Gasteiger partial charge in [-0.05, 0) is 40.0 Å². The highest BCUT2D eigenvalue weighted by Crippen LogP contribution is 2.39. The van der Waals surface area contributed by atoms with Gasteiger partial charge in [-0.3, -0.25) is 9.59 Å². The van der Waals surface area contributed by atoms with Gasteiger partial charge in [0.25, 0.3) is 0 Å². The minimum absolute atomic E-state index is 0.0301. The summed E-state index contributed by atoms with van der Waals surface area (Å²) in [7, 11) is 0. The van der Waals surface area contributed by atoms with Crippen LogP contribution >= 0.6 is 15.9 Å². The van der Waals surface area contributed by atoms with Gasteiger partial charge in [0.05, 0.1) is 16.4 Å². The maximum atomic E-state index is 13.7. The average molecular weight is 344 g/mol. The van der Waals surface area contributed by atoms with Crippen LogP contribution in [0.15, 0.2) is 22.7 Å². The second kappa shape index (κ2) is 5.91. The Bertz CT molecular complexity index is 549. The van der Waals surface area contributed by atoms with Crippen LogP contribution in [0.4, 0.5) is 4.39 Å². The summed E-state index contributed by atoms with van der Waals surface area (Å²) in [5.41, 5.74) is 0.525. The summed E-state index contributed by atoms with van der Waals surface area (Å²) in [6.45, 7) is 2.39. The highest BCUT2D eigenvalue weighted by molar-refractivity contribution is 9.10. The average Bonchev–Trinajstić information content (AvgIpc) is 2.71. The molecule has 1 saturated heterocycles. The number of aliphatic carboxylic acids is 1. The Morgan fingerprint density at radius 1 is 1.55 bits per heavy atom. The third-order valence-electron chi connectivity index (χ3n) is 3.50. The lowest BCUT2D eigenvalue weighted by Crippen LogP contribution is -2.31. The molecule has 20 heavy (non-hydrogen) atoms. The van der Waals surface area contributed by atoms with Crippen LogP contribution in [0, 0.1) is 11.7 Å². The largest absolute Gasteiger partial charge is 0.481 e. The molecule has 2 unspecified atom stereocenters. The molecule has 1 N–H and O–H groups in total. The molecule has 2 rings (SSSR count). The summed E-state index contributed by atoms with van der Waals surface area (Å²) < 4.78 is 14.0. The van der Waals surface area contributed by atoms with Gasteiger partial charge in [-0.1, -0.05) is 13.0 Å². The van der Waals surface area contributed by atoms with E-state index in [-0.39, 0.29) is 12.3 Å². The number of nitrogens with zero attached hydrogens (tertiary/aromatic N) is 1. The SMILES string of the molecule is CCCN1C(=O)CC(C(=O)O)C1c1ccc(Br)c(F)c1. The van der Waals surface area contributed by atoms with Gasteiger partial charge in [-0.15, -0.1) is 0 Å². The van der Waals surface area contributed by atoms with Gasteiger partial charge < -0.3 is 10.0 Å². The van der Waals surface area contributed by atoms with Crippen LogP contribution in [-0.2, 0) is 9.59 Å². The molecule has 6 heteroatoms. The molecule has 0 bridgehead atoms. The molecule has 2 atom stereocenters. The number of carboxylic acids is 1. The monoisotopic (exact) mass is 343 g/mol. The molecule has 0 radical (unpaired) electrons. The van der Waals surface area contributed by atoms with Crippen LogP contribution in [0.3, 0.4) is 0 Å². The van der Waals surface area contributed by atoms with Crippen molar-refractivity contribution in [2.24, 2.45) is 5.92 Å². The highest BCUT2D eigenvalue weighted by atomic mass is 79.9. The van der Waals surface area contributed by atoms with Gasteiger partial charge >= 0.3 is 5.97 Å². The zero-order valence-corrected chi connectivity index (χ0v) is 12.6. The molecule has 0 aromatic heterocycles. The van der Waals surface area contributed by atoms with Gasteiger partial charge in [0.1, 0.15) is 5.82 Å². The Hall–Kier alpha value is -1.43. The van der Waals surface area contributed by atoms with Gasteiger partial charge in [0.15, 0.2) is 0 Å². The molecule has 4 nitrogen and oxygen atoms in total. The molecule has 1 amide bonds. The number of carboxylic acid groups (broad SMARTS) is 1. The molecular formula is C14H15BrFNO3. The number of rotatable bonds is 4. The Labute approximate surface area is 124 Å². The Morgan fingerprint density at radius 3 is 2.80 bits per heavy atom. The first-order valence-corrected chi connectivity index (χ1v) is 7.22. The first-order valence-electron chi connectivity index (χ1n) is 6.43. The molecule has 1 aliphatic rings. The second-order valence-corrected chi connectivity index (χ2v) is 5.71. The van der Waals surface area contributed by atoms with Crippen molar-refractivity contribution in [3.8, 4) is 0 Å². The zero-order chi connectivity index (χ0) is 14.9. The van der Waals surface area contributed by atoms with E-state index in [2.05, 4.69) is 15.9 Å². The van der Waals surface area contributed by atoms with Crippen molar-refractivity contribution in [3.63, 3.8) is 0 Å². The molecule has 1 fully saturated rings. The Morgan fingerprint density at radius 2 is 2.25 bits per heavy atom. The summed E-state index contributed by atoms with van der Waals surface area (Å²) >= 11 is 3.07. The lowest BCUT2D eigenvalue weighted by molar-refractivity contribution is -0.142. The van der Waals surface area contributed by atoms with Crippen molar-refractivity contribution in [2.75, 3.05) is 6.54 Å². The van der Waals surface area contributed by atoms with Crippen molar-refractivity contribution in [1.82, 2.24) is 4.90 Å². The Balaban J connectivity index is 2.43. The highest BCUT2D eigenvalue weighted by Gasteiger charge is 2.44. The van der Waals surface area contributed by atoms with Crippen molar-refractivity contribution in [2.45, 2.75) is 25.8 Å². The number of amides is 1. The smallest absolute Gasteiger partial charge is 0.309 e. The van der Waals surface area contributed by atoms with E-state index < -0.39 is 23.7 Å². The van der Waals surface area contributed by atoms with E-state index in [1.54, 1.807) is 11.0 Å². The summed E-state index contributed by atoms with van der Waals surface area (Å²) in [6.07, 6.45) is 0.700. The maximum absolute atomic E-state index is 13.7. The van der Waals surface area contributed by atoms with Crippen LogP contribution in [-0.4, -0.2) is 28.4 Å². The fourth-order valence-corrected chi connectivity index (χ4v) is 2.87. The molecule has 0 saturated carbocycles. The predicted molar refractivity (Wildman–Crippen MR) is 74.6 cm³/mol. The number of hydrogen-bond acceptors (Lipinski definition) is 2. The third-order valence-corrected chi connectivity index (χ3v) is 4.14. The molecule has 108 valence electrons. The minimum atomic E-state index is -1.02. The van der Waals surface area contributed by atoms with Crippen LogP contribution in [0.5, 0.6) is 0 Å². The molecule has 1 heterocycles. The van der Waals surface area contributed by atoms with Crippen molar-refractivity contribution < 1.29 is 19.1 Å². The van der Waals surface area contributed by atoms with Gasteiger partial charge in [0.2, 0.25) is 5.91 Å². The van der Waals surface area contributed by atoms with Gasteiger partial charge in [-0.2, -0.15) is 0 Å². The zero-order valence-electron chi connectivity index (χ0n) is 11.0. The first-order chi connectivity index (χ1) is 9.45. The van der Waals surface area contributed by atoms with E-state index in [4.69, 9.17) is 0 Å². The number of carbonyl (C=O) groups excluding carboxylic acids is 1. The third kappa shape index (κ3) is 2.70. The standard InChI is InChI=1S/C14H15BrFNO3/c1-2-5-17-12(18)7-9(14(19)20)13(17)8-3-4-10(15)11(16)6-8/h3-4,6,9,13H,2,5,7H2,1H3,(H,19,20). The lowest BCUT2D eigenvalue weighted by Gasteiger charge is -2.27. The predicted octanol–water partition coefficient (Wildman–Crippen LogP) is 2.97.